The third-order valence-electron chi connectivity index (χ3n) is 3.03. The van der Waals surface area contributed by atoms with Crippen molar-refractivity contribution in [2.24, 2.45) is 5.92 Å². The molecule has 106 valence electrons. The van der Waals surface area contributed by atoms with Crippen molar-refractivity contribution >= 4 is 29.2 Å². The van der Waals surface area contributed by atoms with Gasteiger partial charge in [-0.1, -0.05) is 56.3 Å². The molecule has 5 heteroatoms. The molecule has 1 unspecified atom stereocenters. The maximum Gasteiger partial charge on any atom is 0.341 e. The molecule has 1 heterocycles. The van der Waals surface area contributed by atoms with E-state index in [0.717, 1.165) is 25.7 Å². The number of hydrogen-bond donors (Lipinski definition) is 0. The predicted octanol–water partition coefficient (Wildman–Crippen LogP) is 4.76. The summed E-state index contributed by atoms with van der Waals surface area (Å²) in [7, 11) is 0. The van der Waals surface area contributed by atoms with Crippen LogP contribution in [0.4, 0.5) is 0 Å². The zero-order chi connectivity index (χ0) is 14.3. The van der Waals surface area contributed by atoms with Gasteiger partial charge in [-0.3, -0.25) is 0 Å². The van der Waals surface area contributed by atoms with Crippen molar-refractivity contribution in [2.75, 3.05) is 6.61 Å². The van der Waals surface area contributed by atoms with Gasteiger partial charge in [0.15, 0.2) is 0 Å². The first-order valence-electron chi connectivity index (χ1n) is 6.57. The number of halogens is 2. The average Bonchev–Trinajstić information content (AvgIpc) is 2.38. The van der Waals surface area contributed by atoms with Crippen LogP contribution in [0.3, 0.4) is 0 Å². The number of rotatable bonds is 7. The lowest BCUT2D eigenvalue weighted by atomic mass is 10.0. The Labute approximate surface area is 124 Å². The summed E-state index contributed by atoms with van der Waals surface area (Å²) in [5.74, 6) is -0.0351. The molecule has 0 aliphatic rings. The van der Waals surface area contributed by atoms with Crippen molar-refractivity contribution < 1.29 is 9.53 Å². The number of hydrogen-bond acceptors (Lipinski definition) is 3. The Bertz CT molecular complexity index is 424. The molecule has 0 aliphatic carbocycles. The molecule has 1 atom stereocenters. The second kappa shape index (κ2) is 8.39. The van der Waals surface area contributed by atoms with Gasteiger partial charge >= 0.3 is 5.97 Å². The van der Waals surface area contributed by atoms with E-state index < -0.39 is 5.97 Å². The van der Waals surface area contributed by atoms with Crippen LogP contribution in [0.25, 0.3) is 0 Å². The Hall–Kier alpha value is -0.800. The number of esters is 1. The maximum atomic E-state index is 11.9. The molecular formula is C14H19Cl2NO2. The Morgan fingerprint density at radius 1 is 1.37 bits per heavy atom. The van der Waals surface area contributed by atoms with Crippen LogP contribution in [-0.4, -0.2) is 17.6 Å². The highest BCUT2D eigenvalue weighted by Crippen LogP contribution is 2.19. The van der Waals surface area contributed by atoms with Crippen molar-refractivity contribution in [3.8, 4) is 0 Å². The summed E-state index contributed by atoms with van der Waals surface area (Å²) >= 11 is 11.5. The van der Waals surface area contributed by atoms with E-state index in [4.69, 9.17) is 27.9 Å². The van der Waals surface area contributed by atoms with Gasteiger partial charge < -0.3 is 4.74 Å². The summed E-state index contributed by atoms with van der Waals surface area (Å²) in [5.41, 5.74) is 0.261. The van der Waals surface area contributed by atoms with Gasteiger partial charge in [0, 0.05) is 0 Å². The molecule has 0 saturated carbocycles. The fourth-order valence-electron chi connectivity index (χ4n) is 1.73. The molecule has 0 saturated heterocycles. The smallest absolute Gasteiger partial charge is 0.341 e. The zero-order valence-corrected chi connectivity index (χ0v) is 12.8. The van der Waals surface area contributed by atoms with Gasteiger partial charge in [0.25, 0.3) is 0 Å². The minimum absolute atomic E-state index is 0.0825. The van der Waals surface area contributed by atoms with Crippen molar-refractivity contribution in [1.82, 2.24) is 4.98 Å². The first kappa shape index (κ1) is 16.3. The number of pyridine rings is 1. The van der Waals surface area contributed by atoms with Gasteiger partial charge in [-0.2, -0.15) is 0 Å². The van der Waals surface area contributed by atoms with Gasteiger partial charge in [-0.05, 0) is 24.5 Å². The monoisotopic (exact) mass is 303 g/mol. The van der Waals surface area contributed by atoms with Crippen LogP contribution in [-0.2, 0) is 4.74 Å². The molecule has 0 radical (unpaired) electrons. The van der Waals surface area contributed by atoms with Crippen molar-refractivity contribution in [3.05, 3.63) is 28.0 Å². The molecule has 0 N–H and O–H groups in total. The summed E-state index contributed by atoms with van der Waals surface area (Å²) < 4.78 is 5.29. The molecule has 1 aromatic rings. The van der Waals surface area contributed by atoms with Crippen LogP contribution in [0.1, 0.15) is 49.9 Å². The summed E-state index contributed by atoms with van der Waals surface area (Å²) in [6, 6.07) is 3.06. The van der Waals surface area contributed by atoms with Crippen LogP contribution in [0.15, 0.2) is 12.1 Å². The molecule has 3 nitrogen and oxygen atoms in total. The molecule has 0 amide bonds. The van der Waals surface area contributed by atoms with Crippen LogP contribution in [0.5, 0.6) is 0 Å². The first-order chi connectivity index (χ1) is 9.08. The highest BCUT2D eigenvalue weighted by molar-refractivity contribution is 6.34. The molecule has 1 aromatic heterocycles. The lowest BCUT2D eigenvalue weighted by Gasteiger charge is -2.14. The van der Waals surface area contributed by atoms with Gasteiger partial charge in [0.1, 0.15) is 10.3 Å². The lowest BCUT2D eigenvalue weighted by Crippen LogP contribution is -2.14. The molecule has 0 aromatic carbocycles. The van der Waals surface area contributed by atoms with Crippen LogP contribution < -0.4 is 0 Å². The number of carbonyl (C=O) groups is 1. The normalized spacial score (nSPS) is 12.2. The third kappa shape index (κ3) is 5.37. The SMILES string of the molecule is CCCCC(CC)COC(=O)c1ccc(Cl)nc1Cl. The Balaban J connectivity index is 2.54. The van der Waals surface area contributed by atoms with E-state index in [1.165, 1.54) is 12.1 Å². The molecular weight excluding hydrogens is 285 g/mol. The zero-order valence-electron chi connectivity index (χ0n) is 11.3. The first-order valence-corrected chi connectivity index (χ1v) is 7.33. The quantitative estimate of drug-likeness (QED) is 0.538. The number of ether oxygens (including phenoxy) is 1. The number of aromatic nitrogens is 1. The van der Waals surface area contributed by atoms with E-state index in [9.17, 15) is 4.79 Å². The molecule has 0 bridgehead atoms. The molecule has 0 spiro atoms. The summed E-state index contributed by atoms with van der Waals surface area (Å²) in [6.45, 7) is 4.68. The number of nitrogens with zero attached hydrogens (tertiary/aromatic N) is 1. The number of carbonyl (C=O) groups excluding carboxylic acids is 1. The van der Waals surface area contributed by atoms with Gasteiger partial charge in [0.2, 0.25) is 0 Å². The molecule has 1 rings (SSSR count). The summed E-state index contributed by atoms with van der Waals surface area (Å²) in [4.78, 5) is 15.7. The number of unbranched alkanes of at least 4 members (excludes halogenated alkanes) is 1. The van der Waals surface area contributed by atoms with E-state index in [-0.39, 0.29) is 15.9 Å². The van der Waals surface area contributed by atoms with E-state index in [1.54, 1.807) is 0 Å². The summed E-state index contributed by atoms with van der Waals surface area (Å²) in [5, 5.41) is 0.343. The second-order valence-corrected chi connectivity index (χ2v) is 5.23. The van der Waals surface area contributed by atoms with E-state index in [2.05, 4.69) is 18.8 Å². The Morgan fingerprint density at radius 2 is 2.11 bits per heavy atom. The minimum atomic E-state index is -0.441. The summed E-state index contributed by atoms with van der Waals surface area (Å²) in [6.07, 6.45) is 4.38. The van der Waals surface area contributed by atoms with E-state index >= 15 is 0 Å². The highest BCUT2D eigenvalue weighted by Gasteiger charge is 2.15. The minimum Gasteiger partial charge on any atom is -0.462 e. The van der Waals surface area contributed by atoms with Crippen molar-refractivity contribution in [3.63, 3.8) is 0 Å². The highest BCUT2D eigenvalue weighted by atomic mass is 35.5. The molecule has 0 fully saturated rings. The van der Waals surface area contributed by atoms with Gasteiger partial charge in [-0.25, -0.2) is 9.78 Å². The average molecular weight is 304 g/mol. The van der Waals surface area contributed by atoms with E-state index in [1.807, 2.05) is 0 Å². The van der Waals surface area contributed by atoms with Crippen LogP contribution in [0, 0.1) is 5.92 Å². The lowest BCUT2D eigenvalue weighted by molar-refractivity contribution is 0.0428. The van der Waals surface area contributed by atoms with Gasteiger partial charge in [-0.15, -0.1) is 0 Å². The second-order valence-electron chi connectivity index (χ2n) is 4.49. The Kier molecular flexibility index (Phi) is 7.17. The van der Waals surface area contributed by atoms with Gasteiger partial charge in [0.05, 0.1) is 12.2 Å². The van der Waals surface area contributed by atoms with E-state index in [0.29, 0.717) is 12.5 Å². The fraction of sp³-hybridized carbons (Fsp3) is 0.571. The largest absolute Gasteiger partial charge is 0.462 e. The standard InChI is InChI=1S/C14H19Cl2NO2/c1-3-5-6-10(4-2)9-19-14(18)11-7-8-12(15)17-13(11)16/h7-8,10H,3-6,9H2,1-2H3. The molecule has 0 aliphatic heterocycles. The third-order valence-corrected chi connectivity index (χ3v) is 3.53. The van der Waals surface area contributed by atoms with Crippen molar-refractivity contribution in [1.29, 1.82) is 0 Å². The topological polar surface area (TPSA) is 39.2 Å². The van der Waals surface area contributed by atoms with Crippen LogP contribution >= 0.6 is 23.2 Å². The Morgan fingerprint density at radius 3 is 2.68 bits per heavy atom. The van der Waals surface area contributed by atoms with Crippen molar-refractivity contribution in [2.45, 2.75) is 39.5 Å². The van der Waals surface area contributed by atoms with Crippen LogP contribution in [0.2, 0.25) is 10.3 Å². The molecule has 19 heavy (non-hydrogen) atoms. The fourth-order valence-corrected chi connectivity index (χ4v) is 2.16. The maximum absolute atomic E-state index is 11.9. The predicted molar refractivity (Wildman–Crippen MR) is 77.8 cm³/mol.